The normalized spacial score (nSPS) is 11.2. The molecule has 1 aromatic heterocycles. The van der Waals surface area contributed by atoms with Crippen molar-refractivity contribution in [3.05, 3.63) is 18.2 Å². The molecule has 2 rings (SSSR count). The fraction of sp³-hybridized carbons (Fsp3) is 0.417. The van der Waals surface area contributed by atoms with E-state index >= 15 is 0 Å². The molecule has 0 fully saturated rings. The van der Waals surface area contributed by atoms with Crippen LogP contribution in [0.1, 0.15) is 26.7 Å². The monoisotopic (exact) mass is 219 g/mol. The molecule has 3 N–H and O–H groups in total. The maximum absolute atomic E-state index is 5.68. The van der Waals surface area contributed by atoms with Gasteiger partial charge in [0.1, 0.15) is 5.52 Å². The molecule has 0 aliphatic carbocycles. The molecule has 0 atom stereocenters. The predicted octanol–water partition coefficient (Wildman–Crippen LogP) is 3.01. The van der Waals surface area contributed by atoms with Crippen LogP contribution in [0, 0.1) is 0 Å². The van der Waals surface area contributed by atoms with Crippen LogP contribution < -0.4 is 11.1 Å². The molecule has 1 aromatic carbocycles. The maximum atomic E-state index is 5.68. The number of hydrogen-bond acceptors (Lipinski definition) is 4. The van der Waals surface area contributed by atoms with Crippen LogP contribution in [0.25, 0.3) is 11.1 Å². The van der Waals surface area contributed by atoms with Gasteiger partial charge in [0, 0.05) is 17.8 Å². The highest BCUT2D eigenvalue weighted by atomic mass is 16.4. The molecule has 0 spiro atoms. The fourth-order valence-electron chi connectivity index (χ4n) is 1.67. The fourth-order valence-corrected chi connectivity index (χ4v) is 1.67. The van der Waals surface area contributed by atoms with Crippen LogP contribution >= 0.6 is 0 Å². The second-order valence-electron chi connectivity index (χ2n) is 3.90. The van der Waals surface area contributed by atoms with Gasteiger partial charge in [0.05, 0.1) is 0 Å². The molecule has 0 aliphatic heterocycles. The topological polar surface area (TPSA) is 64.1 Å². The Hall–Kier alpha value is -1.71. The van der Waals surface area contributed by atoms with Gasteiger partial charge in [-0.2, -0.15) is 4.98 Å². The number of nitrogens with zero attached hydrogens (tertiary/aromatic N) is 1. The molecule has 4 heteroatoms. The summed E-state index contributed by atoms with van der Waals surface area (Å²) in [4.78, 5) is 4.36. The van der Waals surface area contributed by atoms with Crippen molar-refractivity contribution in [3.63, 3.8) is 0 Å². The molecule has 4 nitrogen and oxygen atoms in total. The number of fused-ring (bicyclic) bond motifs is 1. The third kappa shape index (κ3) is 2.10. The second kappa shape index (κ2) is 4.43. The molecule has 0 amide bonds. The lowest BCUT2D eigenvalue weighted by atomic mass is 10.2. The first kappa shape index (κ1) is 10.8. The van der Waals surface area contributed by atoms with Gasteiger partial charge in [-0.05, 0) is 25.0 Å². The van der Waals surface area contributed by atoms with Gasteiger partial charge in [0.2, 0.25) is 0 Å². The minimum absolute atomic E-state index is 0.408. The molecule has 0 saturated carbocycles. The van der Waals surface area contributed by atoms with E-state index in [0.29, 0.717) is 17.7 Å². The SMILES string of the molecule is CCC(CC)Nc1nc2ccc(N)cc2o1. The standard InChI is InChI=1S/C12H17N3O/c1-3-9(4-2)14-12-15-10-6-5-8(13)7-11(10)16-12/h5-7,9H,3-4,13H2,1-2H3,(H,14,15). The van der Waals surface area contributed by atoms with E-state index in [2.05, 4.69) is 24.1 Å². The number of hydrogen-bond donors (Lipinski definition) is 2. The minimum Gasteiger partial charge on any atom is -0.423 e. The maximum Gasteiger partial charge on any atom is 0.295 e. The number of benzene rings is 1. The summed E-state index contributed by atoms with van der Waals surface area (Å²) in [5.41, 5.74) is 7.94. The third-order valence-electron chi connectivity index (χ3n) is 2.73. The van der Waals surface area contributed by atoms with E-state index in [0.717, 1.165) is 23.9 Å². The third-order valence-corrected chi connectivity index (χ3v) is 2.73. The molecule has 86 valence electrons. The van der Waals surface area contributed by atoms with Gasteiger partial charge in [-0.3, -0.25) is 0 Å². The first-order chi connectivity index (χ1) is 7.72. The summed E-state index contributed by atoms with van der Waals surface area (Å²) >= 11 is 0. The molecule has 0 saturated heterocycles. The van der Waals surface area contributed by atoms with Gasteiger partial charge in [-0.15, -0.1) is 0 Å². The van der Waals surface area contributed by atoms with Crippen LogP contribution in [-0.2, 0) is 0 Å². The summed E-state index contributed by atoms with van der Waals surface area (Å²) < 4.78 is 5.58. The van der Waals surface area contributed by atoms with Crippen LogP contribution in [0.2, 0.25) is 0 Å². The number of nitrogens with two attached hydrogens (primary N) is 1. The number of aromatic nitrogens is 1. The van der Waals surface area contributed by atoms with Gasteiger partial charge >= 0.3 is 0 Å². The van der Waals surface area contributed by atoms with E-state index in [4.69, 9.17) is 10.2 Å². The summed E-state index contributed by atoms with van der Waals surface area (Å²) in [5.74, 6) is 0. The predicted molar refractivity (Wildman–Crippen MR) is 66.4 cm³/mol. The average molecular weight is 219 g/mol. The summed E-state index contributed by atoms with van der Waals surface area (Å²) in [7, 11) is 0. The highest BCUT2D eigenvalue weighted by molar-refractivity contribution is 5.78. The van der Waals surface area contributed by atoms with Crippen molar-refractivity contribution < 1.29 is 4.42 Å². The molecule has 0 radical (unpaired) electrons. The highest BCUT2D eigenvalue weighted by Gasteiger charge is 2.09. The van der Waals surface area contributed by atoms with Crippen LogP contribution in [0.3, 0.4) is 0 Å². The molecular weight excluding hydrogens is 202 g/mol. The Morgan fingerprint density at radius 2 is 2.12 bits per heavy atom. The average Bonchev–Trinajstić information content (AvgIpc) is 2.67. The Morgan fingerprint density at radius 1 is 1.38 bits per heavy atom. The molecule has 0 unspecified atom stereocenters. The number of nitrogen functional groups attached to an aromatic ring is 1. The zero-order chi connectivity index (χ0) is 11.5. The van der Waals surface area contributed by atoms with Crippen molar-refractivity contribution in [2.24, 2.45) is 0 Å². The van der Waals surface area contributed by atoms with Crippen molar-refractivity contribution in [1.82, 2.24) is 4.98 Å². The largest absolute Gasteiger partial charge is 0.423 e. The zero-order valence-corrected chi connectivity index (χ0v) is 9.66. The quantitative estimate of drug-likeness (QED) is 0.776. The second-order valence-corrected chi connectivity index (χ2v) is 3.90. The Bertz CT molecular complexity index is 474. The molecule has 0 bridgehead atoms. The van der Waals surface area contributed by atoms with Crippen molar-refractivity contribution >= 4 is 22.8 Å². The number of oxazole rings is 1. The smallest absolute Gasteiger partial charge is 0.295 e. The molecular formula is C12H17N3O. The van der Waals surface area contributed by atoms with E-state index in [9.17, 15) is 0 Å². The highest BCUT2D eigenvalue weighted by Crippen LogP contribution is 2.22. The minimum atomic E-state index is 0.408. The summed E-state index contributed by atoms with van der Waals surface area (Å²) in [6.07, 6.45) is 2.11. The molecule has 0 aliphatic rings. The number of anilines is 2. The lowest BCUT2D eigenvalue weighted by Gasteiger charge is -2.11. The number of rotatable bonds is 4. The van der Waals surface area contributed by atoms with Gasteiger partial charge in [0.15, 0.2) is 5.58 Å². The van der Waals surface area contributed by atoms with E-state index in [-0.39, 0.29) is 0 Å². The van der Waals surface area contributed by atoms with E-state index in [1.165, 1.54) is 0 Å². The zero-order valence-electron chi connectivity index (χ0n) is 9.66. The van der Waals surface area contributed by atoms with Gasteiger partial charge in [-0.25, -0.2) is 0 Å². The van der Waals surface area contributed by atoms with Crippen molar-refractivity contribution in [1.29, 1.82) is 0 Å². The molecule has 2 aromatic rings. The van der Waals surface area contributed by atoms with E-state index in [1.807, 2.05) is 12.1 Å². The summed E-state index contributed by atoms with van der Waals surface area (Å²) in [6.45, 7) is 4.28. The van der Waals surface area contributed by atoms with E-state index < -0.39 is 0 Å². The van der Waals surface area contributed by atoms with Crippen LogP contribution in [-0.4, -0.2) is 11.0 Å². The summed E-state index contributed by atoms with van der Waals surface area (Å²) in [6, 6.07) is 6.47. The van der Waals surface area contributed by atoms with Crippen molar-refractivity contribution in [2.75, 3.05) is 11.1 Å². The lowest BCUT2D eigenvalue weighted by molar-refractivity contribution is 0.578. The Morgan fingerprint density at radius 3 is 2.81 bits per heavy atom. The Kier molecular flexibility index (Phi) is 2.99. The first-order valence-corrected chi connectivity index (χ1v) is 5.65. The van der Waals surface area contributed by atoms with Gasteiger partial charge in [0.25, 0.3) is 6.01 Å². The van der Waals surface area contributed by atoms with Crippen LogP contribution in [0.4, 0.5) is 11.7 Å². The van der Waals surface area contributed by atoms with Gasteiger partial charge in [-0.1, -0.05) is 13.8 Å². The van der Waals surface area contributed by atoms with Gasteiger partial charge < -0.3 is 15.5 Å². The number of nitrogens with one attached hydrogen (secondary N) is 1. The van der Waals surface area contributed by atoms with Crippen molar-refractivity contribution in [2.45, 2.75) is 32.7 Å². The Balaban J connectivity index is 2.25. The Labute approximate surface area is 94.8 Å². The van der Waals surface area contributed by atoms with E-state index in [1.54, 1.807) is 6.07 Å². The van der Waals surface area contributed by atoms with Crippen LogP contribution in [0.5, 0.6) is 0 Å². The molecule has 1 heterocycles. The lowest BCUT2D eigenvalue weighted by Crippen LogP contribution is -2.16. The van der Waals surface area contributed by atoms with Crippen LogP contribution in [0.15, 0.2) is 22.6 Å². The first-order valence-electron chi connectivity index (χ1n) is 5.65. The molecule has 16 heavy (non-hydrogen) atoms. The van der Waals surface area contributed by atoms with Crippen molar-refractivity contribution in [3.8, 4) is 0 Å². The summed E-state index contributed by atoms with van der Waals surface area (Å²) in [5, 5.41) is 3.27.